The third-order valence-corrected chi connectivity index (χ3v) is 4.00. The Morgan fingerprint density at radius 3 is 2.47 bits per heavy atom. The Morgan fingerprint density at radius 1 is 1.00 bits per heavy atom. The fraction of sp³-hybridized carbons (Fsp3) is 0. The summed E-state index contributed by atoms with van der Waals surface area (Å²) < 4.78 is 1.25. The lowest BCUT2D eigenvalue weighted by Gasteiger charge is -1.96. The first-order valence-electron chi connectivity index (χ1n) is 6.02. The van der Waals surface area contributed by atoms with Crippen molar-refractivity contribution >= 4 is 33.1 Å². The fourth-order valence-corrected chi connectivity index (χ4v) is 3.02. The number of hydrogen-bond donors (Lipinski definition) is 0. The van der Waals surface area contributed by atoms with Crippen LogP contribution in [0.2, 0.25) is 0 Å². The van der Waals surface area contributed by atoms with E-state index in [-0.39, 0.29) is 0 Å². The van der Waals surface area contributed by atoms with Crippen LogP contribution in [0.1, 0.15) is 10.4 Å². The van der Waals surface area contributed by atoms with Crippen molar-refractivity contribution in [3.8, 4) is 6.07 Å². The second-order valence-corrected chi connectivity index (χ2v) is 5.34. The summed E-state index contributed by atoms with van der Waals surface area (Å²) in [7, 11) is 0. The van der Waals surface area contributed by atoms with Gasteiger partial charge in [-0.1, -0.05) is 48.5 Å². The molecule has 0 unspecified atom stereocenters. The molecule has 0 N–H and O–H groups in total. The van der Waals surface area contributed by atoms with Crippen molar-refractivity contribution in [2.75, 3.05) is 0 Å². The number of thiophene rings is 1. The molecule has 0 amide bonds. The van der Waals surface area contributed by atoms with E-state index >= 15 is 0 Å². The molecular formula is C17H11NS. The molecule has 1 heterocycles. The summed E-state index contributed by atoms with van der Waals surface area (Å²) in [5, 5.41) is 10.5. The Bertz CT molecular complexity index is 743. The number of nitrogens with zero attached hydrogens (tertiary/aromatic N) is 1. The van der Waals surface area contributed by atoms with Crippen molar-refractivity contribution in [1.29, 1.82) is 5.26 Å². The first-order valence-corrected chi connectivity index (χ1v) is 6.84. The quantitative estimate of drug-likeness (QED) is 0.598. The Morgan fingerprint density at radius 2 is 1.74 bits per heavy atom. The van der Waals surface area contributed by atoms with Gasteiger partial charge >= 0.3 is 0 Å². The lowest BCUT2D eigenvalue weighted by atomic mass is 10.1. The zero-order valence-electron chi connectivity index (χ0n) is 10.2. The van der Waals surface area contributed by atoms with Gasteiger partial charge in [-0.15, -0.1) is 11.3 Å². The van der Waals surface area contributed by atoms with Gasteiger partial charge < -0.3 is 0 Å². The van der Waals surface area contributed by atoms with Crippen LogP contribution in [0, 0.1) is 11.3 Å². The highest BCUT2D eigenvalue weighted by atomic mass is 32.1. The number of benzene rings is 2. The topological polar surface area (TPSA) is 23.8 Å². The van der Waals surface area contributed by atoms with Crippen LogP contribution >= 0.6 is 11.3 Å². The largest absolute Gasteiger partial charge is 0.192 e. The predicted octanol–water partition coefficient (Wildman–Crippen LogP) is 4.97. The summed E-state index contributed by atoms with van der Waals surface area (Å²) in [5.41, 5.74) is 1.66. The molecule has 0 saturated carbocycles. The lowest BCUT2D eigenvalue weighted by molar-refractivity contribution is 1.52. The molecule has 3 aromatic rings. The van der Waals surface area contributed by atoms with Crippen LogP contribution < -0.4 is 0 Å². The van der Waals surface area contributed by atoms with E-state index in [9.17, 15) is 5.26 Å². The molecule has 0 atom stereocenters. The summed E-state index contributed by atoms with van der Waals surface area (Å²) in [5.74, 6) is 0. The number of nitriles is 1. The number of fused-ring (bicyclic) bond motifs is 1. The van der Waals surface area contributed by atoms with Crippen LogP contribution in [0.25, 0.3) is 21.7 Å². The molecule has 2 heteroatoms. The van der Waals surface area contributed by atoms with E-state index in [2.05, 4.69) is 24.3 Å². The van der Waals surface area contributed by atoms with Gasteiger partial charge in [-0.3, -0.25) is 0 Å². The first kappa shape index (κ1) is 11.7. The third-order valence-electron chi connectivity index (χ3n) is 2.94. The fourth-order valence-electron chi connectivity index (χ4n) is 2.01. The maximum absolute atomic E-state index is 9.30. The van der Waals surface area contributed by atoms with E-state index in [1.165, 1.54) is 10.1 Å². The van der Waals surface area contributed by atoms with Crippen LogP contribution in [0.15, 0.2) is 60.7 Å². The zero-order valence-corrected chi connectivity index (χ0v) is 11.0. The smallest absolute Gasteiger partial charge is 0.0998 e. The standard InChI is InChI=1S/C17H11NS/c18-12-15(13-6-2-1-3-7-13)11-16-10-14-8-4-5-9-17(14)19-16/h1-11H/b15-11+. The van der Waals surface area contributed by atoms with E-state index in [0.29, 0.717) is 5.57 Å². The molecule has 0 saturated heterocycles. The van der Waals surface area contributed by atoms with Gasteiger partial charge in [-0.05, 0) is 29.2 Å². The van der Waals surface area contributed by atoms with Crippen molar-refractivity contribution in [1.82, 2.24) is 0 Å². The molecular weight excluding hydrogens is 250 g/mol. The van der Waals surface area contributed by atoms with Gasteiger partial charge in [0.15, 0.2) is 0 Å². The van der Waals surface area contributed by atoms with Crippen LogP contribution in [0.5, 0.6) is 0 Å². The summed E-state index contributed by atoms with van der Waals surface area (Å²) in [6, 6.07) is 22.4. The van der Waals surface area contributed by atoms with Gasteiger partial charge in [-0.2, -0.15) is 5.26 Å². The van der Waals surface area contributed by atoms with E-state index in [0.717, 1.165) is 10.4 Å². The Kier molecular flexibility index (Phi) is 3.14. The second-order valence-electron chi connectivity index (χ2n) is 4.22. The summed E-state index contributed by atoms with van der Waals surface area (Å²) >= 11 is 1.71. The van der Waals surface area contributed by atoms with Gasteiger partial charge in [-0.25, -0.2) is 0 Å². The normalized spacial score (nSPS) is 11.4. The molecule has 0 spiro atoms. The molecule has 0 aliphatic rings. The average Bonchev–Trinajstić information content (AvgIpc) is 2.88. The van der Waals surface area contributed by atoms with Gasteiger partial charge in [0.1, 0.15) is 0 Å². The number of allylic oxidation sites excluding steroid dienone is 1. The van der Waals surface area contributed by atoms with E-state index < -0.39 is 0 Å². The molecule has 90 valence electrons. The molecule has 1 nitrogen and oxygen atoms in total. The zero-order chi connectivity index (χ0) is 13.1. The Labute approximate surface area is 116 Å². The molecule has 0 radical (unpaired) electrons. The molecule has 3 rings (SSSR count). The van der Waals surface area contributed by atoms with E-state index in [4.69, 9.17) is 0 Å². The van der Waals surface area contributed by atoms with Crippen LogP contribution in [-0.2, 0) is 0 Å². The minimum absolute atomic E-state index is 0.701. The third kappa shape index (κ3) is 2.42. The van der Waals surface area contributed by atoms with Crippen molar-refractivity contribution in [3.05, 3.63) is 71.1 Å². The molecule has 2 aromatic carbocycles. The van der Waals surface area contributed by atoms with Crippen LogP contribution in [-0.4, -0.2) is 0 Å². The van der Waals surface area contributed by atoms with Crippen molar-refractivity contribution < 1.29 is 0 Å². The maximum Gasteiger partial charge on any atom is 0.0998 e. The van der Waals surface area contributed by atoms with Gasteiger partial charge in [0, 0.05) is 9.58 Å². The van der Waals surface area contributed by atoms with Crippen molar-refractivity contribution in [2.45, 2.75) is 0 Å². The predicted molar refractivity (Wildman–Crippen MR) is 81.8 cm³/mol. The molecule has 0 aliphatic heterocycles. The number of rotatable bonds is 2. The summed E-state index contributed by atoms with van der Waals surface area (Å²) in [6.45, 7) is 0. The highest BCUT2D eigenvalue weighted by molar-refractivity contribution is 7.19. The van der Waals surface area contributed by atoms with Crippen molar-refractivity contribution in [2.24, 2.45) is 0 Å². The summed E-state index contributed by atoms with van der Waals surface area (Å²) in [6.07, 6.45) is 1.96. The minimum Gasteiger partial charge on any atom is -0.192 e. The molecule has 0 bridgehead atoms. The lowest BCUT2D eigenvalue weighted by Crippen LogP contribution is -1.79. The highest BCUT2D eigenvalue weighted by Gasteiger charge is 2.03. The van der Waals surface area contributed by atoms with Gasteiger partial charge in [0.25, 0.3) is 0 Å². The summed E-state index contributed by atoms with van der Waals surface area (Å²) in [4.78, 5) is 1.11. The van der Waals surface area contributed by atoms with Gasteiger partial charge in [0.2, 0.25) is 0 Å². The first-order chi connectivity index (χ1) is 9.36. The maximum atomic E-state index is 9.30. The van der Waals surface area contributed by atoms with Crippen LogP contribution in [0.4, 0.5) is 0 Å². The van der Waals surface area contributed by atoms with E-state index in [1.807, 2.05) is 48.5 Å². The molecule has 0 fully saturated rings. The molecule has 19 heavy (non-hydrogen) atoms. The van der Waals surface area contributed by atoms with Crippen molar-refractivity contribution in [3.63, 3.8) is 0 Å². The second kappa shape index (κ2) is 5.09. The highest BCUT2D eigenvalue weighted by Crippen LogP contribution is 2.28. The van der Waals surface area contributed by atoms with Gasteiger partial charge in [0.05, 0.1) is 11.6 Å². The van der Waals surface area contributed by atoms with E-state index in [1.54, 1.807) is 11.3 Å². The SMILES string of the molecule is N#C/C(=C\c1cc2ccccc2s1)c1ccccc1. The molecule has 1 aromatic heterocycles. The molecule has 0 aliphatic carbocycles. The minimum atomic E-state index is 0.701. The monoisotopic (exact) mass is 261 g/mol. The Hall–Kier alpha value is -2.37. The average molecular weight is 261 g/mol. The Balaban J connectivity index is 2.06. The number of hydrogen-bond acceptors (Lipinski definition) is 2. The van der Waals surface area contributed by atoms with Crippen LogP contribution in [0.3, 0.4) is 0 Å².